The molecule has 26 heavy (non-hydrogen) atoms. The van der Waals surface area contributed by atoms with E-state index < -0.39 is 11.9 Å². The highest BCUT2D eigenvalue weighted by molar-refractivity contribution is 7.22. The normalized spacial score (nSPS) is 10.9. The van der Waals surface area contributed by atoms with Gasteiger partial charge >= 0.3 is 5.97 Å². The van der Waals surface area contributed by atoms with Gasteiger partial charge in [-0.2, -0.15) is 0 Å². The molecule has 3 N–H and O–H groups in total. The Kier molecular flexibility index (Phi) is 4.94. The van der Waals surface area contributed by atoms with E-state index in [1.165, 1.54) is 16.9 Å². The van der Waals surface area contributed by atoms with Crippen LogP contribution in [-0.4, -0.2) is 23.5 Å². The Morgan fingerprint density at radius 3 is 2.73 bits per heavy atom. The second-order valence-corrected chi connectivity index (χ2v) is 6.65. The molecule has 0 bridgehead atoms. The van der Waals surface area contributed by atoms with Gasteiger partial charge in [0.15, 0.2) is 5.13 Å². The van der Waals surface area contributed by atoms with Gasteiger partial charge < -0.3 is 20.2 Å². The molecular weight excluding hydrogens is 354 g/mol. The summed E-state index contributed by atoms with van der Waals surface area (Å²) in [5.74, 6) is -1.07. The number of thiazole rings is 1. The molecule has 136 valence electrons. The molecule has 0 saturated heterocycles. The first-order valence-electron chi connectivity index (χ1n) is 8.21. The van der Waals surface area contributed by atoms with E-state index in [9.17, 15) is 9.59 Å². The number of carbonyl (C=O) groups is 2. The van der Waals surface area contributed by atoms with E-state index in [0.717, 1.165) is 16.6 Å². The molecular formula is C18H19N3O4S. The van der Waals surface area contributed by atoms with Crippen molar-refractivity contribution in [2.75, 3.05) is 11.9 Å². The van der Waals surface area contributed by atoms with Crippen molar-refractivity contribution < 1.29 is 18.7 Å². The molecule has 0 fully saturated rings. The predicted octanol–water partition coefficient (Wildman–Crippen LogP) is 3.78. The fraction of sp³-hybridized carbons (Fsp3) is 0.278. The second kappa shape index (κ2) is 7.17. The number of aryl methyl sites for hydroxylation is 2. The minimum atomic E-state index is -0.776. The average molecular weight is 373 g/mol. The molecule has 7 nitrogen and oxygen atoms in total. The number of fused-ring (bicyclic) bond motifs is 1. The summed E-state index contributed by atoms with van der Waals surface area (Å²) >= 11 is 1.43. The van der Waals surface area contributed by atoms with Gasteiger partial charge in [0.2, 0.25) is 5.88 Å². The lowest BCUT2D eigenvalue weighted by Gasteiger charge is -2.03. The van der Waals surface area contributed by atoms with Crippen molar-refractivity contribution in [2.45, 2.75) is 27.2 Å². The number of primary amides is 1. The molecule has 0 atom stereocenters. The van der Waals surface area contributed by atoms with Gasteiger partial charge in [-0.1, -0.05) is 24.3 Å². The average Bonchev–Trinajstić information content (AvgIpc) is 3.14. The molecule has 1 amide bonds. The number of nitrogens with one attached hydrogen (secondary N) is 1. The first-order valence-corrected chi connectivity index (χ1v) is 9.03. The third kappa shape index (κ3) is 3.28. The summed E-state index contributed by atoms with van der Waals surface area (Å²) in [7, 11) is 0. The summed E-state index contributed by atoms with van der Waals surface area (Å²) in [4.78, 5) is 28.5. The van der Waals surface area contributed by atoms with Crippen LogP contribution in [0.5, 0.6) is 0 Å². The van der Waals surface area contributed by atoms with Crippen molar-refractivity contribution in [2.24, 2.45) is 5.73 Å². The Bertz CT molecular complexity index is 990. The SMILES string of the molecule is CCOC(=O)c1c(C)oc(Nc2nc3ccc(CC)cc3s2)c1C(N)=O. The Labute approximate surface area is 154 Å². The number of esters is 1. The third-order valence-corrected chi connectivity index (χ3v) is 4.83. The van der Waals surface area contributed by atoms with Crippen LogP contribution in [0.15, 0.2) is 22.6 Å². The van der Waals surface area contributed by atoms with Crippen LogP contribution in [0, 0.1) is 6.92 Å². The van der Waals surface area contributed by atoms with E-state index in [1.807, 2.05) is 12.1 Å². The van der Waals surface area contributed by atoms with Gasteiger partial charge in [-0.05, 0) is 38.0 Å². The zero-order valence-electron chi connectivity index (χ0n) is 14.7. The van der Waals surface area contributed by atoms with E-state index in [-0.39, 0.29) is 29.4 Å². The summed E-state index contributed by atoms with van der Waals surface area (Å²) in [5, 5.41) is 3.51. The summed E-state index contributed by atoms with van der Waals surface area (Å²) in [6.45, 7) is 5.53. The molecule has 3 rings (SSSR count). The maximum atomic E-state index is 12.1. The lowest BCUT2D eigenvalue weighted by atomic mass is 10.1. The highest BCUT2D eigenvalue weighted by Crippen LogP contribution is 2.33. The maximum absolute atomic E-state index is 12.1. The standard InChI is InChI=1S/C18H19N3O4S/c1-4-10-6-7-11-12(8-10)26-18(20-11)21-16-14(15(19)22)13(9(3)25-16)17(23)24-5-2/h6-8H,4-5H2,1-3H3,(H2,19,22)(H,20,21). The molecule has 0 spiro atoms. The van der Waals surface area contributed by atoms with Crippen LogP contribution < -0.4 is 11.1 Å². The molecule has 2 aromatic heterocycles. The van der Waals surface area contributed by atoms with Crippen LogP contribution in [0.2, 0.25) is 0 Å². The van der Waals surface area contributed by atoms with Crippen molar-refractivity contribution in [1.82, 2.24) is 4.98 Å². The van der Waals surface area contributed by atoms with Gasteiger partial charge in [0.05, 0.1) is 16.8 Å². The number of nitrogens with two attached hydrogens (primary N) is 1. The Morgan fingerprint density at radius 1 is 1.31 bits per heavy atom. The molecule has 0 aliphatic heterocycles. The molecule has 0 saturated carbocycles. The molecule has 8 heteroatoms. The fourth-order valence-corrected chi connectivity index (χ4v) is 3.58. The van der Waals surface area contributed by atoms with E-state index in [1.54, 1.807) is 13.8 Å². The number of benzene rings is 1. The number of hydrogen-bond acceptors (Lipinski definition) is 7. The minimum absolute atomic E-state index is 0.0329. The van der Waals surface area contributed by atoms with E-state index >= 15 is 0 Å². The predicted molar refractivity (Wildman–Crippen MR) is 100 cm³/mol. The highest BCUT2D eigenvalue weighted by Gasteiger charge is 2.28. The van der Waals surface area contributed by atoms with Gasteiger partial charge in [-0.3, -0.25) is 4.79 Å². The number of hydrogen-bond donors (Lipinski definition) is 2. The zero-order valence-corrected chi connectivity index (χ0v) is 15.5. The van der Waals surface area contributed by atoms with Crippen LogP contribution in [0.25, 0.3) is 10.2 Å². The van der Waals surface area contributed by atoms with Crippen LogP contribution in [0.3, 0.4) is 0 Å². The molecule has 1 aromatic carbocycles. The monoisotopic (exact) mass is 373 g/mol. The lowest BCUT2D eigenvalue weighted by molar-refractivity contribution is 0.0521. The highest BCUT2D eigenvalue weighted by atomic mass is 32.1. The molecule has 3 aromatic rings. The molecule has 0 aliphatic rings. The van der Waals surface area contributed by atoms with E-state index in [0.29, 0.717) is 5.13 Å². The van der Waals surface area contributed by atoms with Crippen LogP contribution >= 0.6 is 11.3 Å². The summed E-state index contributed by atoms with van der Waals surface area (Å²) in [6.07, 6.45) is 0.933. The maximum Gasteiger partial charge on any atom is 0.342 e. The van der Waals surface area contributed by atoms with Gasteiger partial charge in [-0.25, -0.2) is 9.78 Å². The number of rotatable bonds is 6. The molecule has 0 unspecified atom stereocenters. The molecule has 0 aliphatic carbocycles. The smallest absolute Gasteiger partial charge is 0.342 e. The van der Waals surface area contributed by atoms with Gasteiger partial charge in [0.1, 0.15) is 16.9 Å². The van der Waals surface area contributed by atoms with Crippen molar-refractivity contribution in [3.8, 4) is 0 Å². The Balaban J connectivity index is 2.00. The van der Waals surface area contributed by atoms with Gasteiger partial charge in [0, 0.05) is 0 Å². The van der Waals surface area contributed by atoms with Crippen molar-refractivity contribution >= 4 is 44.4 Å². The second-order valence-electron chi connectivity index (χ2n) is 5.62. The first kappa shape index (κ1) is 17.9. The summed E-state index contributed by atoms with van der Waals surface area (Å²) < 4.78 is 11.6. The van der Waals surface area contributed by atoms with Crippen molar-refractivity contribution in [3.63, 3.8) is 0 Å². The lowest BCUT2D eigenvalue weighted by Crippen LogP contribution is -2.17. The number of anilines is 2. The van der Waals surface area contributed by atoms with Gasteiger partial charge in [0.25, 0.3) is 5.91 Å². The zero-order chi connectivity index (χ0) is 18.8. The fourth-order valence-electron chi connectivity index (χ4n) is 2.66. The third-order valence-electron chi connectivity index (χ3n) is 3.89. The largest absolute Gasteiger partial charge is 0.462 e. The number of furan rings is 1. The van der Waals surface area contributed by atoms with Crippen molar-refractivity contribution in [1.29, 1.82) is 0 Å². The van der Waals surface area contributed by atoms with Crippen LogP contribution in [0.4, 0.5) is 11.0 Å². The number of nitrogens with zero attached hydrogens (tertiary/aromatic N) is 1. The first-order chi connectivity index (χ1) is 12.4. The van der Waals surface area contributed by atoms with Crippen LogP contribution in [0.1, 0.15) is 45.9 Å². The number of ether oxygens (including phenoxy) is 1. The number of carbonyl (C=O) groups excluding carboxylic acids is 2. The Morgan fingerprint density at radius 2 is 2.08 bits per heavy atom. The van der Waals surface area contributed by atoms with E-state index in [4.69, 9.17) is 14.9 Å². The Hall–Kier alpha value is -2.87. The van der Waals surface area contributed by atoms with E-state index in [2.05, 4.69) is 23.3 Å². The topological polar surface area (TPSA) is 107 Å². The van der Waals surface area contributed by atoms with Gasteiger partial charge in [-0.15, -0.1) is 0 Å². The summed E-state index contributed by atoms with van der Waals surface area (Å²) in [6, 6.07) is 6.05. The molecule has 0 radical (unpaired) electrons. The number of aromatic nitrogens is 1. The molecule has 2 heterocycles. The van der Waals surface area contributed by atoms with Crippen LogP contribution in [-0.2, 0) is 11.2 Å². The quantitative estimate of drug-likeness (QED) is 0.637. The van der Waals surface area contributed by atoms with Crippen molar-refractivity contribution in [3.05, 3.63) is 40.6 Å². The minimum Gasteiger partial charge on any atom is -0.462 e. The summed E-state index contributed by atoms with van der Waals surface area (Å²) in [5.41, 5.74) is 7.52. The number of amides is 1.